The molecule has 2 aromatic rings. The highest BCUT2D eigenvalue weighted by Gasteiger charge is 2.42. The predicted molar refractivity (Wildman–Crippen MR) is 79.0 cm³/mol. The van der Waals surface area contributed by atoms with Gasteiger partial charge in [-0.3, -0.25) is 0 Å². The summed E-state index contributed by atoms with van der Waals surface area (Å²) >= 11 is 3.18. The fourth-order valence-corrected chi connectivity index (χ4v) is 3.95. The van der Waals surface area contributed by atoms with Crippen LogP contribution in [0.3, 0.4) is 0 Å². The first-order valence-electron chi connectivity index (χ1n) is 7.25. The van der Waals surface area contributed by atoms with E-state index in [9.17, 15) is 4.39 Å². The molecule has 0 radical (unpaired) electrons. The van der Waals surface area contributed by atoms with Crippen LogP contribution in [0.5, 0.6) is 0 Å². The molecule has 0 amide bonds. The van der Waals surface area contributed by atoms with Gasteiger partial charge in [0.1, 0.15) is 5.82 Å². The molecule has 2 heterocycles. The van der Waals surface area contributed by atoms with Crippen molar-refractivity contribution in [2.45, 2.75) is 25.3 Å². The molecule has 3 unspecified atom stereocenters. The van der Waals surface area contributed by atoms with E-state index in [-0.39, 0.29) is 11.9 Å². The average molecular weight is 352 g/mol. The molecule has 4 rings (SSSR count). The van der Waals surface area contributed by atoms with Crippen molar-refractivity contribution in [2.24, 2.45) is 11.8 Å². The van der Waals surface area contributed by atoms with Gasteiger partial charge in [0.2, 0.25) is 11.7 Å². The van der Waals surface area contributed by atoms with Gasteiger partial charge in [-0.1, -0.05) is 11.6 Å². The van der Waals surface area contributed by atoms with Gasteiger partial charge >= 0.3 is 0 Å². The van der Waals surface area contributed by atoms with Gasteiger partial charge in [0.25, 0.3) is 0 Å². The van der Waals surface area contributed by atoms with E-state index in [1.807, 2.05) is 0 Å². The van der Waals surface area contributed by atoms with Crippen LogP contribution in [0.2, 0.25) is 0 Å². The van der Waals surface area contributed by atoms with Gasteiger partial charge in [-0.05, 0) is 65.4 Å². The molecular weight excluding hydrogens is 337 g/mol. The van der Waals surface area contributed by atoms with Crippen LogP contribution in [0.15, 0.2) is 27.2 Å². The van der Waals surface area contributed by atoms with Gasteiger partial charge in [0, 0.05) is 5.56 Å². The number of nitrogens with one attached hydrogen (secondary N) is 1. The minimum atomic E-state index is -0.297. The summed E-state index contributed by atoms with van der Waals surface area (Å²) < 4.78 is 19.1. The molecule has 1 N–H and O–H groups in total. The second-order valence-electron chi connectivity index (χ2n) is 5.83. The molecule has 0 bridgehead atoms. The first kappa shape index (κ1) is 13.4. The Bertz CT molecular complexity index is 675. The van der Waals surface area contributed by atoms with Crippen LogP contribution in [-0.4, -0.2) is 16.7 Å². The van der Waals surface area contributed by atoms with E-state index in [1.165, 1.54) is 25.3 Å². The van der Waals surface area contributed by atoms with Crippen molar-refractivity contribution >= 4 is 15.9 Å². The number of nitrogens with zero attached hydrogens (tertiary/aromatic N) is 2. The molecule has 21 heavy (non-hydrogen) atoms. The Morgan fingerprint density at radius 1 is 1.33 bits per heavy atom. The van der Waals surface area contributed by atoms with E-state index in [2.05, 4.69) is 31.4 Å². The molecule has 1 aromatic heterocycles. The van der Waals surface area contributed by atoms with Gasteiger partial charge in [0.15, 0.2) is 0 Å². The zero-order chi connectivity index (χ0) is 14.4. The van der Waals surface area contributed by atoms with Crippen LogP contribution in [0.1, 0.15) is 31.2 Å². The summed E-state index contributed by atoms with van der Waals surface area (Å²) in [6, 6.07) is 4.90. The first-order chi connectivity index (χ1) is 10.2. The maximum atomic E-state index is 13.3. The summed E-state index contributed by atoms with van der Waals surface area (Å²) in [6.07, 6.45) is 3.81. The molecule has 6 heteroatoms. The topological polar surface area (TPSA) is 51.0 Å². The Labute approximate surface area is 130 Å². The fraction of sp³-hybridized carbons (Fsp3) is 0.467. The molecule has 3 atom stereocenters. The average Bonchev–Trinajstić information content (AvgIpc) is 3.16. The van der Waals surface area contributed by atoms with E-state index in [4.69, 9.17) is 4.52 Å². The van der Waals surface area contributed by atoms with Gasteiger partial charge in [-0.2, -0.15) is 4.98 Å². The highest BCUT2D eigenvalue weighted by Crippen LogP contribution is 2.44. The molecule has 0 spiro atoms. The quantitative estimate of drug-likeness (QED) is 0.896. The Morgan fingerprint density at radius 2 is 2.24 bits per heavy atom. The Balaban J connectivity index is 1.62. The highest BCUT2D eigenvalue weighted by atomic mass is 79.9. The van der Waals surface area contributed by atoms with Crippen LogP contribution in [0.25, 0.3) is 11.4 Å². The second kappa shape index (κ2) is 5.18. The van der Waals surface area contributed by atoms with Gasteiger partial charge in [-0.25, -0.2) is 4.39 Å². The van der Waals surface area contributed by atoms with Crippen molar-refractivity contribution in [2.75, 3.05) is 6.54 Å². The molecular formula is C15H15BrFN3O. The lowest BCUT2D eigenvalue weighted by Gasteiger charge is -2.13. The van der Waals surface area contributed by atoms with Crippen molar-refractivity contribution in [1.82, 2.24) is 15.5 Å². The SMILES string of the molecule is Fc1ccc(-c2noc(C3NCC4CCCC43)n2)cc1Br. The molecule has 1 aromatic carbocycles. The number of fused-ring (bicyclic) bond motifs is 1. The molecule has 2 fully saturated rings. The van der Waals surface area contributed by atoms with Crippen LogP contribution < -0.4 is 5.32 Å². The second-order valence-corrected chi connectivity index (χ2v) is 6.68. The molecule has 110 valence electrons. The summed E-state index contributed by atoms with van der Waals surface area (Å²) in [5.74, 6) is 2.21. The van der Waals surface area contributed by atoms with Gasteiger partial charge in [0.05, 0.1) is 10.5 Å². The Morgan fingerprint density at radius 3 is 3.10 bits per heavy atom. The first-order valence-corrected chi connectivity index (χ1v) is 8.04. The minimum absolute atomic E-state index is 0.169. The molecule has 1 saturated heterocycles. The molecule has 1 aliphatic carbocycles. The largest absolute Gasteiger partial charge is 0.337 e. The molecule has 1 saturated carbocycles. The number of hydrogen-bond donors (Lipinski definition) is 1. The van der Waals surface area contributed by atoms with Crippen molar-refractivity contribution in [3.05, 3.63) is 34.4 Å². The standard InChI is InChI=1S/C15H15BrFN3O/c16-11-6-8(4-5-12(11)17)14-19-15(21-20-14)13-10-3-1-2-9(10)7-18-13/h4-6,9-10,13,18H,1-3,7H2. The number of benzene rings is 1. The van der Waals surface area contributed by atoms with Crippen LogP contribution >= 0.6 is 15.9 Å². The van der Waals surface area contributed by atoms with Crippen LogP contribution in [-0.2, 0) is 0 Å². The number of hydrogen-bond acceptors (Lipinski definition) is 4. The van der Waals surface area contributed by atoms with E-state index < -0.39 is 0 Å². The summed E-state index contributed by atoms with van der Waals surface area (Å²) in [5, 5.41) is 7.54. The maximum Gasteiger partial charge on any atom is 0.244 e. The van der Waals surface area contributed by atoms with E-state index in [0.717, 1.165) is 18.0 Å². The summed E-state index contributed by atoms with van der Waals surface area (Å²) in [6.45, 7) is 1.04. The lowest BCUT2D eigenvalue weighted by atomic mass is 9.94. The lowest BCUT2D eigenvalue weighted by molar-refractivity contribution is 0.302. The highest BCUT2D eigenvalue weighted by molar-refractivity contribution is 9.10. The summed E-state index contributed by atoms with van der Waals surface area (Å²) in [7, 11) is 0. The smallest absolute Gasteiger partial charge is 0.244 e. The van der Waals surface area contributed by atoms with Crippen molar-refractivity contribution < 1.29 is 8.91 Å². The van der Waals surface area contributed by atoms with Crippen molar-refractivity contribution in [3.63, 3.8) is 0 Å². The zero-order valence-corrected chi connectivity index (χ0v) is 12.9. The summed E-state index contributed by atoms with van der Waals surface area (Å²) in [5.41, 5.74) is 0.749. The van der Waals surface area contributed by atoms with Gasteiger partial charge < -0.3 is 9.84 Å². The number of aromatic nitrogens is 2. The van der Waals surface area contributed by atoms with E-state index in [1.54, 1.807) is 12.1 Å². The molecule has 1 aliphatic heterocycles. The number of halogens is 2. The third kappa shape index (κ3) is 2.30. The lowest BCUT2D eigenvalue weighted by Crippen LogP contribution is -2.18. The predicted octanol–water partition coefficient (Wildman–Crippen LogP) is 3.70. The normalized spacial score (nSPS) is 28.0. The van der Waals surface area contributed by atoms with E-state index in [0.29, 0.717) is 22.1 Å². The van der Waals surface area contributed by atoms with Crippen LogP contribution in [0.4, 0.5) is 4.39 Å². The fourth-order valence-electron chi connectivity index (χ4n) is 3.57. The Kier molecular flexibility index (Phi) is 3.30. The monoisotopic (exact) mass is 351 g/mol. The van der Waals surface area contributed by atoms with Gasteiger partial charge in [-0.15, -0.1) is 0 Å². The minimum Gasteiger partial charge on any atom is -0.337 e. The third-order valence-corrected chi connectivity index (χ3v) is 5.24. The third-order valence-electron chi connectivity index (χ3n) is 4.63. The molecule has 2 aliphatic rings. The van der Waals surface area contributed by atoms with Crippen molar-refractivity contribution in [3.8, 4) is 11.4 Å². The van der Waals surface area contributed by atoms with Crippen LogP contribution in [0, 0.1) is 17.7 Å². The maximum absolute atomic E-state index is 13.3. The van der Waals surface area contributed by atoms with Crippen molar-refractivity contribution in [1.29, 1.82) is 0 Å². The molecule has 4 nitrogen and oxygen atoms in total. The summed E-state index contributed by atoms with van der Waals surface area (Å²) in [4.78, 5) is 4.51. The zero-order valence-electron chi connectivity index (χ0n) is 11.4. The number of rotatable bonds is 2. The van der Waals surface area contributed by atoms with E-state index >= 15 is 0 Å². The Hall–Kier alpha value is -1.27.